The third kappa shape index (κ3) is 2.02. The van der Waals surface area contributed by atoms with Crippen LogP contribution in [0.3, 0.4) is 0 Å². The topological polar surface area (TPSA) is 17.1 Å². The van der Waals surface area contributed by atoms with E-state index in [-0.39, 0.29) is 0 Å². The van der Waals surface area contributed by atoms with Gasteiger partial charge < -0.3 is 0 Å². The van der Waals surface area contributed by atoms with Gasteiger partial charge in [-0.25, -0.2) is 0 Å². The molecule has 0 radical (unpaired) electrons. The van der Waals surface area contributed by atoms with Gasteiger partial charge in [0.2, 0.25) is 0 Å². The fourth-order valence-electron chi connectivity index (χ4n) is 3.02. The minimum Gasteiger partial charge on any atom is -0.300 e. The highest BCUT2D eigenvalue weighted by atomic mass is 16.1. The van der Waals surface area contributed by atoms with Gasteiger partial charge in [0, 0.05) is 12.8 Å². The minimum atomic E-state index is 0.500. The summed E-state index contributed by atoms with van der Waals surface area (Å²) in [6.07, 6.45) is 9.55. The number of hydrogen-bond acceptors (Lipinski definition) is 1. The zero-order chi connectivity index (χ0) is 10.2. The zero-order valence-corrected chi connectivity index (χ0v) is 9.57. The molecule has 2 saturated carbocycles. The molecule has 0 atom stereocenters. The molecule has 0 aromatic heterocycles. The second-order valence-corrected chi connectivity index (χ2v) is 6.20. The molecule has 0 saturated heterocycles. The lowest BCUT2D eigenvalue weighted by atomic mass is 9.60. The van der Waals surface area contributed by atoms with Gasteiger partial charge in [-0.05, 0) is 49.4 Å². The van der Waals surface area contributed by atoms with Crippen LogP contribution >= 0.6 is 0 Å². The van der Waals surface area contributed by atoms with Crippen molar-refractivity contribution in [3.63, 3.8) is 0 Å². The van der Waals surface area contributed by atoms with Crippen molar-refractivity contribution in [1.29, 1.82) is 0 Å². The van der Waals surface area contributed by atoms with Gasteiger partial charge in [0.25, 0.3) is 0 Å². The van der Waals surface area contributed by atoms with Gasteiger partial charge in [-0.1, -0.05) is 13.8 Å². The van der Waals surface area contributed by atoms with Crippen molar-refractivity contribution < 1.29 is 4.79 Å². The molecular formula is C13H22O. The Morgan fingerprint density at radius 1 is 0.857 bits per heavy atom. The van der Waals surface area contributed by atoms with Gasteiger partial charge in [0.1, 0.15) is 5.78 Å². The fraction of sp³-hybridized carbons (Fsp3) is 0.923. The van der Waals surface area contributed by atoms with Gasteiger partial charge in [-0.3, -0.25) is 4.79 Å². The first kappa shape index (κ1) is 10.2. The summed E-state index contributed by atoms with van der Waals surface area (Å²) in [7, 11) is 0. The lowest BCUT2D eigenvalue weighted by Gasteiger charge is -2.45. The molecule has 2 rings (SSSR count). The molecule has 0 heterocycles. The van der Waals surface area contributed by atoms with Crippen molar-refractivity contribution in [2.24, 2.45) is 10.8 Å². The van der Waals surface area contributed by atoms with Crippen molar-refractivity contribution >= 4 is 5.78 Å². The van der Waals surface area contributed by atoms with Crippen molar-refractivity contribution in [2.75, 3.05) is 0 Å². The summed E-state index contributed by atoms with van der Waals surface area (Å²) in [5.74, 6) is 0.500. The standard InChI is InChI=1S/C13H22O/c1-12(2)7-9-13(10-8-12)5-3-11(14)4-6-13/h3-10H2,1-2H3. The maximum atomic E-state index is 11.2. The minimum absolute atomic E-state index is 0.500. The monoisotopic (exact) mass is 194 g/mol. The van der Waals surface area contributed by atoms with E-state index in [0.717, 1.165) is 12.8 Å². The third-order valence-corrected chi connectivity index (χ3v) is 4.53. The summed E-state index contributed by atoms with van der Waals surface area (Å²) >= 11 is 0. The molecule has 0 unspecified atom stereocenters. The molecule has 1 spiro atoms. The number of Topliss-reactive ketones (excluding diaryl/α,β-unsaturated/α-hetero) is 1. The van der Waals surface area contributed by atoms with Crippen LogP contribution in [0, 0.1) is 10.8 Å². The Labute approximate surface area is 87.3 Å². The maximum Gasteiger partial charge on any atom is 0.132 e. The van der Waals surface area contributed by atoms with Crippen LogP contribution in [0.4, 0.5) is 0 Å². The van der Waals surface area contributed by atoms with E-state index in [9.17, 15) is 4.79 Å². The Kier molecular flexibility index (Phi) is 2.45. The lowest BCUT2D eigenvalue weighted by Crippen LogP contribution is -2.34. The summed E-state index contributed by atoms with van der Waals surface area (Å²) < 4.78 is 0. The van der Waals surface area contributed by atoms with E-state index >= 15 is 0 Å². The average molecular weight is 194 g/mol. The molecule has 80 valence electrons. The molecule has 0 aromatic carbocycles. The molecule has 0 bridgehead atoms. The molecule has 2 aliphatic rings. The van der Waals surface area contributed by atoms with Crippen LogP contribution < -0.4 is 0 Å². The van der Waals surface area contributed by atoms with E-state index in [4.69, 9.17) is 0 Å². The van der Waals surface area contributed by atoms with Gasteiger partial charge in [0.15, 0.2) is 0 Å². The number of carbonyl (C=O) groups is 1. The number of carbonyl (C=O) groups excluding carboxylic acids is 1. The Morgan fingerprint density at radius 2 is 1.36 bits per heavy atom. The van der Waals surface area contributed by atoms with E-state index in [0.29, 0.717) is 16.6 Å². The van der Waals surface area contributed by atoms with Crippen LogP contribution in [0.25, 0.3) is 0 Å². The predicted octanol–water partition coefficient (Wildman–Crippen LogP) is 3.72. The quantitative estimate of drug-likeness (QED) is 0.574. The van der Waals surface area contributed by atoms with Crippen molar-refractivity contribution in [3.05, 3.63) is 0 Å². The summed E-state index contributed by atoms with van der Waals surface area (Å²) in [6, 6.07) is 0. The summed E-state index contributed by atoms with van der Waals surface area (Å²) in [6.45, 7) is 4.77. The van der Waals surface area contributed by atoms with Gasteiger partial charge in [-0.2, -0.15) is 0 Å². The smallest absolute Gasteiger partial charge is 0.132 e. The van der Waals surface area contributed by atoms with E-state index in [1.54, 1.807) is 0 Å². The van der Waals surface area contributed by atoms with Crippen molar-refractivity contribution in [1.82, 2.24) is 0 Å². The first-order valence-electron chi connectivity index (χ1n) is 6.03. The molecule has 1 nitrogen and oxygen atoms in total. The molecule has 1 heteroatoms. The average Bonchev–Trinajstić information content (AvgIpc) is 2.16. The molecule has 0 amide bonds. The Bertz CT molecular complexity index is 218. The Balaban J connectivity index is 1.96. The highest BCUT2D eigenvalue weighted by Crippen LogP contribution is 2.51. The molecular weight excluding hydrogens is 172 g/mol. The Morgan fingerprint density at radius 3 is 1.86 bits per heavy atom. The number of ketones is 1. The highest BCUT2D eigenvalue weighted by Gasteiger charge is 2.40. The van der Waals surface area contributed by atoms with Crippen LogP contribution in [0.5, 0.6) is 0 Å². The summed E-state index contributed by atoms with van der Waals surface area (Å²) in [4.78, 5) is 11.2. The van der Waals surface area contributed by atoms with Crippen LogP contribution in [0.2, 0.25) is 0 Å². The van der Waals surface area contributed by atoms with Crippen LogP contribution in [-0.2, 0) is 4.79 Å². The normalized spacial score (nSPS) is 30.6. The molecule has 2 fully saturated rings. The van der Waals surface area contributed by atoms with Gasteiger partial charge in [0.05, 0.1) is 0 Å². The largest absolute Gasteiger partial charge is 0.300 e. The molecule has 0 N–H and O–H groups in total. The predicted molar refractivity (Wildman–Crippen MR) is 58.2 cm³/mol. The van der Waals surface area contributed by atoms with Gasteiger partial charge >= 0.3 is 0 Å². The van der Waals surface area contributed by atoms with E-state index in [1.165, 1.54) is 38.5 Å². The van der Waals surface area contributed by atoms with E-state index < -0.39 is 0 Å². The first-order valence-corrected chi connectivity index (χ1v) is 6.03. The molecule has 2 aliphatic carbocycles. The summed E-state index contributed by atoms with van der Waals surface area (Å²) in [5.41, 5.74) is 1.14. The SMILES string of the molecule is CC1(C)CCC2(CCC(=O)CC2)CC1. The first-order chi connectivity index (χ1) is 6.52. The second-order valence-electron chi connectivity index (χ2n) is 6.20. The zero-order valence-electron chi connectivity index (χ0n) is 9.57. The lowest BCUT2D eigenvalue weighted by molar-refractivity contribution is -0.123. The van der Waals surface area contributed by atoms with Gasteiger partial charge in [-0.15, -0.1) is 0 Å². The third-order valence-electron chi connectivity index (χ3n) is 4.53. The van der Waals surface area contributed by atoms with Crippen LogP contribution in [0.15, 0.2) is 0 Å². The van der Waals surface area contributed by atoms with Crippen molar-refractivity contribution in [2.45, 2.75) is 65.2 Å². The molecule has 0 aromatic rings. The number of rotatable bonds is 0. The highest BCUT2D eigenvalue weighted by molar-refractivity contribution is 5.79. The summed E-state index contributed by atoms with van der Waals surface area (Å²) in [5, 5.41) is 0. The molecule has 0 aliphatic heterocycles. The second kappa shape index (κ2) is 3.36. The fourth-order valence-corrected chi connectivity index (χ4v) is 3.02. The molecule has 14 heavy (non-hydrogen) atoms. The van der Waals surface area contributed by atoms with E-state index in [1.807, 2.05) is 0 Å². The maximum absolute atomic E-state index is 11.2. The Hall–Kier alpha value is -0.330. The number of hydrogen-bond donors (Lipinski definition) is 0. The van der Waals surface area contributed by atoms with Crippen LogP contribution in [0.1, 0.15) is 65.2 Å². The van der Waals surface area contributed by atoms with E-state index in [2.05, 4.69) is 13.8 Å². The van der Waals surface area contributed by atoms with Crippen LogP contribution in [-0.4, -0.2) is 5.78 Å². The van der Waals surface area contributed by atoms with Crippen molar-refractivity contribution in [3.8, 4) is 0 Å².